The lowest BCUT2D eigenvalue weighted by Gasteiger charge is -2.20. The molecule has 0 spiro atoms. The highest BCUT2D eigenvalue weighted by Gasteiger charge is 2.39. The Bertz CT molecular complexity index is 424. The maximum absolute atomic E-state index is 12.5. The molecule has 0 saturated heterocycles. The van der Waals surface area contributed by atoms with E-state index in [9.17, 15) is 17.7 Å². The Morgan fingerprint density at radius 1 is 1.25 bits per heavy atom. The molecular formula is C10H13F3NOP. The molecule has 0 aliphatic rings. The van der Waals surface area contributed by atoms with Gasteiger partial charge in [0.2, 0.25) is 0 Å². The first-order valence-corrected chi connectivity index (χ1v) is 7.21. The molecule has 2 nitrogen and oxygen atoms in total. The summed E-state index contributed by atoms with van der Waals surface area (Å²) in [4.78, 5) is 0. The summed E-state index contributed by atoms with van der Waals surface area (Å²) in [6.07, 6.45) is -4.52. The van der Waals surface area contributed by atoms with Crippen LogP contribution in [0.25, 0.3) is 0 Å². The molecule has 0 saturated carbocycles. The Balaban J connectivity index is 3.30. The molecule has 1 unspecified atom stereocenters. The summed E-state index contributed by atoms with van der Waals surface area (Å²) in [5, 5.41) is 0.194. The van der Waals surface area contributed by atoms with Crippen LogP contribution in [0.2, 0.25) is 0 Å². The number of halogens is 3. The number of hydrogen-bond acceptors (Lipinski definition) is 2. The van der Waals surface area contributed by atoms with Crippen LogP contribution in [-0.4, -0.2) is 19.5 Å². The minimum Gasteiger partial charge on any atom is -0.319 e. The highest BCUT2D eigenvalue weighted by atomic mass is 31.2. The second-order valence-corrected chi connectivity index (χ2v) is 7.11. The van der Waals surface area contributed by atoms with E-state index >= 15 is 0 Å². The fraction of sp³-hybridized carbons (Fsp3) is 0.400. The van der Waals surface area contributed by atoms with Gasteiger partial charge in [0.25, 0.3) is 0 Å². The maximum atomic E-state index is 12.5. The molecule has 0 radical (unpaired) electrons. The predicted octanol–water partition coefficient (Wildman–Crippen LogP) is 2.50. The lowest BCUT2D eigenvalue weighted by Crippen LogP contribution is -2.32. The molecule has 16 heavy (non-hydrogen) atoms. The smallest absolute Gasteiger partial charge is 0.319 e. The minimum absolute atomic E-state index is 0.108. The molecule has 6 heteroatoms. The summed E-state index contributed by atoms with van der Waals surface area (Å²) in [7, 11) is -2.76. The average molecular weight is 251 g/mol. The van der Waals surface area contributed by atoms with E-state index in [0.717, 1.165) is 0 Å². The zero-order valence-corrected chi connectivity index (χ0v) is 9.85. The summed E-state index contributed by atoms with van der Waals surface area (Å²) < 4.78 is 49.3. The third-order valence-electron chi connectivity index (χ3n) is 2.20. The van der Waals surface area contributed by atoms with Crippen LogP contribution < -0.4 is 11.0 Å². The topological polar surface area (TPSA) is 43.1 Å². The summed E-state index contributed by atoms with van der Waals surface area (Å²) in [5.74, 6) is 0. The molecule has 0 heterocycles. The Kier molecular flexibility index (Phi) is 3.50. The van der Waals surface area contributed by atoms with Gasteiger partial charge in [0, 0.05) is 5.30 Å². The van der Waals surface area contributed by atoms with Gasteiger partial charge < -0.3 is 10.3 Å². The standard InChI is InChI=1S/C10H13F3NOP/c1-16(2,15)8-6-4-3-5-7(8)9(14)10(11,12)13/h3-6,9H,14H2,1-2H3. The Morgan fingerprint density at radius 3 is 2.19 bits per heavy atom. The quantitative estimate of drug-likeness (QED) is 0.820. The monoisotopic (exact) mass is 251 g/mol. The van der Waals surface area contributed by atoms with Gasteiger partial charge in [-0.2, -0.15) is 13.2 Å². The van der Waals surface area contributed by atoms with Crippen molar-refractivity contribution in [1.29, 1.82) is 0 Å². The van der Waals surface area contributed by atoms with Crippen LogP contribution in [0.15, 0.2) is 24.3 Å². The first-order valence-electron chi connectivity index (χ1n) is 4.61. The van der Waals surface area contributed by atoms with Gasteiger partial charge in [0.15, 0.2) is 0 Å². The van der Waals surface area contributed by atoms with Gasteiger partial charge in [-0.25, -0.2) is 0 Å². The van der Waals surface area contributed by atoms with E-state index in [1.165, 1.54) is 31.5 Å². The van der Waals surface area contributed by atoms with Crippen LogP contribution in [0.5, 0.6) is 0 Å². The highest BCUT2D eigenvalue weighted by Crippen LogP contribution is 2.39. The molecule has 1 aromatic rings. The molecule has 1 aromatic carbocycles. The number of hydrogen-bond donors (Lipinski definition) is 1. The van der Waals surface area contributed by atoms with Gasteiger partial charge in [-0.15, -0.1) is 0 Å². The van der Waals surface area contributed by atoms with Crippen molar-refractivity contribution >= 4 is 12.4 Å². The second kappa shape index (κ2) is 4.22. The van der Waals surface area contributed by atoms with Gasteiger partial charge in [0.05, 0.1) is 0 Å². The van der Waals surface area contributed by atoms with Crippen LogP contribution in [-0.2, 0) is 4.57 Å². The number of alkyl halides is 3. The first-order chi connectivity index (χ1) is 7.14. The number of nitrogens with two attached hydrogens (primary N) is 1. The van der Waals surface area contributed by atoms with Crippen LogP contribution in [0.3, 0.4) is 0 Å². The number of rotatable bonds is 2. The molecule has 0 fully saturated rings. The Morgan fingerprint density at radius 2 is 1.75 bits per heavy atom. The molecule has 0 aromatic heterocycles. The van der Waals surface area contributed by atoms with E-state index in [4.69, 9.17) is 5.73 Å². The highest BCUT2D eigenvalue weighted by molar-refractivity contribution is 7.70. The molecule has 0 bridgehead atoms. The number of benzene rings is 1. The third kappa shape index (κ3) is 2.86. The van der Waals surface area contributed by atoms with E-state index in [-0.39, 0.29) is 10.9 Å². The lowest BCUT2D eigenvalue weighted by atomic mass is 10.1. The maximum Gasteiger partial charge on any atom is 0.407 e. The van der Waals surface area contributed by atoms with Crippen molar-refractivity contribution in [3.05, 3.63) is 29.8 Å². The van der Waals surface area contributed by atoms with Crippen molar-refractivity contribution in [3.63, 3.8) is 0 Å². The van der Waals surface area contributed by atoms with Crippen molar-refractivity contribution in [2.75, 3.05) is 13.3 Å². The van der Waals surface area contributed by atoms with Crippen molar-refractivity contribution in [1.82, 2.24) is 0 Å². The lowest BCUT2D eigenvalue weighted by molar-refractivity contribution is -0.148. The molecule has 1 atom stereocenters. The van der Waals surface area contributed by atoms with E-state index in [2.05, 4.69) is 0 Å². The zero-order valence-electron chi connectivity index (χ0n) is 8.95. The summed E-state index contributed by atoms with van der Waals surface area (Å²) >= 11 is 0. The van der Waals surface area contributed by atoms with E-state index < -0.39 is 19.4 Å². The molecule has 0 amide bonds. The average Bonchev–Trinajstić information content (AvgIpc) is 2.14. The molecule has 2 N–H and O–H groups in total. The van der Waals surface area contributed by atoms with Gasteiger partial charge in [-0.3, -0.25) is 0 Å². The minimum atomic E-state index is -4.52. The van der Waals surface area contributed by atoms with Crippen molar-refractivity contribution in [3.8, 4) is 0 Å². The SMILES string of the molecule is CP(C)(=O)c1ccccc1C(N)C(F)(F)F. The summed E-state index contributed by atoms with van der Waals surface area (Å²) in [5.41, 5.74) is 5.02. The van der Waals surface area contributed by atoms with Gasteiger partial charge in [-0.1, -0.05) is 24.3 Å². The molecule has 90 valence electrons. The fourth-order valence-electron chi connectivity index (χ4n) is 1.42. The first kappa shape index (κ1) is 13.3. The van der Waals surface area contributed by atoms with Crippen molar-refractivity contribution in [2.24, 2.45) is 5.73 Å². The van der Waals surface area contributed by atoms with E-state index in [1.54, 1.807) is 6.07 Å². The van der Waals surface area contributed by atoms with Gasteiger partial charge in [0.1, 0.15) is 13.2 Å². The molecule has 0 aliphatic carbocycles. The van der Waals surface area contributed by atoms with E-state index in [0.29, 0.717) is 0 Å². The fourth-order valence-corrected chi connectivity index (χ4v) is 2.70. The van der Waals surface area contributed by atoms with Crippen LogP contribution in [0.1, 0.15) is 11.6 Å². The third-order valence-corrected chi connectivity index (χ3v) is 3.77. The largest absolute Gasteiger partial charge is 0.407 e. The molecule has 0 aliphatic heterocycles. The van der Waals surface area contributed by atoms with Crippen LogP contribution in [0, 0.1) is 0 Å². The second-order valence-electron chi connectivity index (χ2n) is 3.93. The molecular weight excluding hydrogens is 238 g/mol. The predicted molar refractivity (Wildman–Crippen MR) is 58.5 cm³/mol. The zero-order chi connectivity index (χ0) is 12.6. The normalized spacial score (nSPS) is 14.9. The molecule has 1 rings (SSSR count). The summed E-state index contributed by atoms with van der Waals surface area (Å²) in [6.45, 7) is 2.85. The van der Waals surface area contributed by atoms with Gasteiger partial charge in [-0.05, 0) is 18.9 Å². The van der Waals surface area contributed by atoms with Crippen LogP contribution in [0.4, 0.5) is 13.2 Å². The summed E-state index contributed by atoms with van der Waals surface area (Å²) in [6, 6.07) is 3.63. The Hall–Kier alpha value is -0.800. The van der Waals surface area contributed by atoms with Crippen molar-refractivity contribution < 1.29 is 17.7 Å². The van der Waals surface area contributed by atoms with Crippen molar-refractivity contribution in [2.45, 2.75) is 12.2 Å². The Labute approximate surface area is 92.0 Å². The van der Waals surface area contributed by atoms with Gasteiger partial charge >= 0.3 is 6.18 Å². The van der Waals surface area contributed by atoms with Crippen LogP contribution >= 0.6 is 7.14 Å². The van der Waals surface area contributed by atoms with E-state index in [1.807, 2.05) is 0 Å².